The van der Waals surface area contributed by atoms with E-state index in [9.17, 15) is 9.59 Å². The zero-order valence-electron chi connectivity index (χ0n) is 25.1. The average molecular weight is 684 g/mol. The normalized spacial score (nSPS) is 14.7. The first-order chi connectivity index (χ1) is 21.9. The number of aromatic nitrogens is 1. The number of benzene rings is 4. The van der Waals surface area contributed by atoms with Crippen LogP contribution in [0.2, 0.25) is 0 Å². The molecule has 45 heavy (non-hydrogen) atoms. The number of esters is 1. The first kappa shape index (κ1) is 30.6. The van der Waals surface area contributed by atoms with Crippen LogP contribution in [0.1, 0.15) is 43.5 Å². The van der Waals surface area contributed by atoms with Gasteiger partial charge in [-0.3, -0.25) is 9.36 Å². The number of carbonyl (C=O) groups excluding carboxylic acids is 1. The van der Waals surface area contributed by atoms with E-state index in [4.69, 9.17) is 19.2 Å². The summed E-state index contributed by atoms with van der Waals surface area (Å²) in [4.78, 5) is 32.8. The smallest absolute Gasteiger partial charge is 0.338 e. The lowest BCUT2D eigenvalue weighted by Gasteiger charge is -2.25. The molecule has 0 N–H and O–H groups in total. The Balaban J connectivity index is 1.44. The zero-order valence-corrected chi connectivity index (χ0v) is 27.5. The Bertz CT molecular complexity index is 2110. The molecule has 1 aromatic heterocycles. The first-order valence-electron chi connectivity index (χ1n) is 14.7. The molecule has 0 spiro atoms. The molecule has 2 heterocycles. The maximum Gasteiger partial charge on any atom is 0.338 e. The van der Waals surface area contributed by atoms with Crippen molar-refractivity contribution in [1.29, 1.82) is 0 Å². The highest BCUT2D eigenvalue weighted by molar-refractivity contribution is 9.10. The Morgan fingerprint density at radius 2 is 1.73 bits per heavy atom. The predicted octanol–water partition coefficient (Wildman–Crippen LogP) is 6.69. The third-order valence-corrected chi connectivity index (χ3v) is 9.02. The van der Waals surface area contributed by atoms with Crippen molar-refractivity contribution in [3.05, 3.63) is 137 Å². The average Bonchev–Trinajstić information content (AvgIpc) is 3.34. The third-order valence-electron chi connectivity index (χ3n) is 7.51. The summed E-state index contributed by atoms with van der Waals surface area (Å²) in [6, 6.07) is 26.8. The van der Waals surface area contributed by atoms with Crippen molar-refractivity contribution >= 4 is 50.1 Å². The van der Waals surface area contributed by atoms with E-state index in [1.807, 2.05) is 97.9 Å². The zero-order chi connectivity index (χ0) is 31.5. The van der Waals surface area contributed by atoms with Gasteiger partial charge in [0, 0.05) is 4.47 Å². The second kappa shape index (κ2) is 13.3. The van der Waals surface area contributed by atoms with Gasteiger partial charge in [-0.05, 0) is 78.6 Å². The number of carbonyl (C=O) groups is 1. The molecule has 6 rings (SSSR count). The van der Waals surface area contributed by atoms with Gasteiger partial charge in [-0.15, -0.1) is 0 Å². The molecule has 7 nitrogen and oxygen atoms in total. The number of fused-ring (bicyclic) bond motifs is 2. The Kier molecular flexibility index (Phi) is 9.00. The minimum absolute atomic E-state index is 0.216. The van der Waals surface area contributed by atoms with Crippen LogP contribution in [-0.4, -0.2) is 23.8 Å². The largest absolute Gasteiger partial charge is 0.490 e. The summed E-state index contributed by atoms with van der Waals surface area (Å²) in [6.07, 6.45) is 1.83. The minimum Gasteiger partial charge on any atom is -0.490 e. The Morgan fingerprint density at radius 3 is 2.51 bits per heavy atom. The van der Waals surface area contributed by atoms with E-state index >= 15 is 0 Å². The Morgan fingerprint density at radius 1 is 0.956 bits per heavy atom. The molecule has 9 heteroatoms. The monoisotopic (exact) mass is 682 g/mol. The van der Waals surface area contributed by atoms with Crippen LogP contribution >= 0.6 is 27.3 Å². The summed E-state index contributed by atoms with van der Waals surface area (Å²) in [7, 11) is 0. The van der Waals surface area contributed by atoms with E-state index in [-0.39, 0.29) is 12.2 Å². The van der Waals surface area contributed by atoms with Gasteiger partial charge in [0.1, 0.15) is 6.61 Å². The Hall–Kier alpha value is -4.47. The standard InChI is InChI=1S/C36H31BrN2O5S/c1-4-42-30-19-24(15-18-29(30)44-21-23-13-16-26(37)17-14-23)20-31-34(40)39-33(28-12-8-10-25-9-6-7-11-27(25)28)32(35(41)43-5-2)22(3)38-36(39)45-31/h6-20,33H,4-5,21H2,1-3H3/b31-20+/t33-/m0/s1. The van der Waals surface area contributed by atoms with Gasteiger partial charge >= 0.3 is 5.97 Å². The highest BCUT2D eigenvalue weighted by atomic mass is 79.9. The molecule has 0 unspecified atom stereocenters. The second-order valence-corrected chi connectivity index (χ2v) is 12.3. The van der Waals surface area contributed by atoms with E-state index in [1.54, 1.807) is 18.4 Å². The molecule has 0 saturated heterocycles. The molecule has 1 aliphatic rings. The molecule has 0 fully saturated rings. The van der Waals surface area contributed by atoms with Crippen LogP contribution < -0.4 is 24.4 Å². The number of allylic oxidation sites excluding steroid dienone is 1. The molecule has 228 valence electrons. The lowest BCUT2D eigenvalue weighted by Crippen LogP contribution is -2.40. The molecule has 1 aliphatic heterocycles. The number of halogens is 1. The van der Waals surface area contributed by atoms with Crippen LogP contribution in [0.4, 0.5) is 0 Å². The van der Waals surface area contributed by atoms with Gasteiger partial charge in [0.2, 0.25) is 0 Å². The van der Waals surface area contributed by atoms with Gasteiger partial charge in [0.05, 0.1) is 35.1 Å². The quantitative estimate of drug-likeness (QED) is 0.162. The predicted molar refractivity (Wildman–Crippen MR) is 180 cm³/mol. The van der Waals surface area contributed by atoms with Crippen LogP contribution in [0.25, 0.3) is 16.8 Å². The van der Waals surface area contributed by atoms with Crippen molar-refractivity contribution in [3.63, 3.8) is 0 Å². The SMILES string of the molecule is CCOC(=O)C1=C(C)N=c2s/c(=C/c3ccc(OCc4ccc(Br)cc4)c(OCC)c3)c(=O)n2[C@H]1c1cccc2ccccc12. The maximum atomic E-state index is 14.2. The molecule has 4 aromatic carbocycles. The van der Waals surface area contributed by atoms with Crippen molar-refractivity contribution in [2.24, 2.45) is 4.99 Å². The molecule has 0 radical (unpaired) electrons. The molecule has 0 bridgehead atoms. The van der Waals surface area contributed by atoms with Gasteiger partial charge < -0.3 is 14.2 Å². The number of hydrogen-bond acceptors (Lipinski definition) is 7. The van der Waals surface area contributed by atoms with Gasteiger partial charge in [-0.2, -0.15) is 0 Å². The summed E-state index contributed by atoms with van der Waals surface area (Å²) in [5, 5.41) is 1.97. The van der Waals surface area contributed by atoms with Gasteiger partial charge in [0.25, 0.3) is 5.56 Å². The molecular weight excluding hydrogens is 652 g/mol. The molecule has 0 saturated carbocycles. The van der Waals surface area contributed by atoms with Crippen molar-refractivity contribution < 1.29 is 19.0 Å². The van der Waals surface area contributed by atoms with Crippen molar-refractivity contribution in [1.82, 2.24) is 4.57 Å². The van der Waals surface area contributed by atoms with Crippen molar-refractivity contribution in [2.45, 2.75) is 33.4 Å². The number of ether oxygens (including phenoxy) is 3. The maximum absolute atomic E-state index is 14.2. The fourth-order valence-corrected chi connectivity index (χ4v) is 6.78. The van der Waals surface area contributed by atoms with E-state index in [2.05, 4.69) is 15.9 Å². The van der Waals surface area contributed by atoms with Crippen molar-refractivity contribution in [3.8, 4) is 11.5 Å². The summed E-state index contributed by atoms with van der Waals surface area (Å²) in [5.74, 6) is 0.722. The Labute approximate surface area is 272 Å². The molecule has 0 amide bonds. The van der Waals surface area contributed by atoms with E-state index in [1.165, 1.54) is 11.3 Å². The lowest BCUT2D eigenvalue weighted by atomic mass is 9.91. The van der Waals surface area contributed by atoms with Gasteiger partial charge in [0.15, 0.2) is 16.3 Å². The van der Waals surface area contributed by atoms with E-state index < -0.39 is 12.0 Å². The molecular formula is C36H31BrN2O5S. The molecule has 5 aromatic rings. The lowest BCUT2D eigenvalue weighted by molar-refractivity contribution is -0.139. The van der Waals surface area contributed by atoms with Crippen LogP contribution in [0.3, 0.4) is 0 Å². The second-order valence-electron chi connectivity index (χ2n) is 10.4. The fourth-order valence-electron chi connectivity index (χ4n) is 5.47. The summed E-state index contributed by atoms with van der Waals surface area (Å²) in [6.45, 7) is 6.54. The van der Waals surface area contributed by atoms with Crippen LogP contribution in [0, 0.1) is 0 Å². The number of nitrogens with zero attached hydrogens (tertiary/aromatic N) is 2. The van der Waals surface area contributed by atoms with Crippen molar-refractivity contribution in [2.75, 3.05) is 13.2 Å². The van der Waals surface area contributed by atoms with Crippen LogP contribution in [-0.2, 0) is 16.1 Å². The number of hydrogen-bond donors (Lipinski definition) is 0. The number of thiazole rings is 1. The molecule has 0 aliphatic carbocycles. The minimum atomic E-state index is -0.693. The highest BCUT2D eigenvalue weighted by Crippen LogP contribution is 2.35. The molecule has 1 atom stereocenters. The van der Waals surface area contributed by atoms with E-state index in [0.29, 0.717) is 45.3 Å². The first-order valence-corrected chi connectivity index (χ1v) is 16.3. The summed E-state index contributed by atoms with van der Waals surface area (Å²) >= 11 is 4.75. The fraction of sp³-hybridized carbons (Fsp3) is 0.194. The van der Waals surface area contributed by atoms with Gasteiger partial charge in [-0.25, -0.2) is 9.79 Å². The number of rotatable bonds is 9. The third kappa shape index (κ3) is 6.23. The van der Waals surface area contributed by atoms with Gasteiger partial charge in [-0.1, -0.05) is 87.9 Å². The topological polar surface area (TPSA) is 79.1 Å². The highest BCUT2D eigenvalue weighted by Gasteiger charge is 2.34. The summed E-state index contributed by atoms with van der Waals surface area (Å²) < 4.78 is 20.6. The van der Waals surface area contributed by atoms with E-state index in [0.717, 1.165) is 31.9 Å². The van der Waals surface area contributed by atoms with Crippen LogP contribution in [0.15, 0.2) is 110 Å². The summed E-state index contributed by atoms with van der Waals surface area (Å²) in [5.41, 5.74) is 3.30. The van der Waals surface area contributed by atoms with Crippen LogP contribution in [0.5, 0.6) is 11.5 Å².